The Hall–Kier alpha value is -2.47. The molecule has 0 radical (unpaired) electrons. The molecule has 4 rings (SSSR count). The average Bonchev–Trinajstić information content (AvgIpc) is 3.37. The summed E-state index contributed by atoms with van der Waals surface area (Å²) in [6.45, 7) is 0.722. The fourth-order valence-electron chi connectivity index (χ4n) is 3.37. The Kier molecular flexibility index (Phi) is 4.84. The molecule has 1 saturated heterocycles. The SMILES string of the molecule is O=C(Cc1cccs1)N1CCC[C@@H]1c1ncc(Cc2ccccc2F)o1. The van der Waals surface area contributed by atoms with E-state index in [1.54, 1.807) is 35.7 Å². The van der Waals surface area contributed by atoms with Crippen LogP contribution in [0, 0.1) is 5.82 Å². The van der Waals surface area contributed by atoms with Crippen LogP contribution in [0.25, 0.3) is 0 Å². The summed E-state index contributed by atoms with van der Waals surface area (Å²) in [6, 6.07) is 10.5. The number of likely N-dealkylation sites (tertiary alicyclic amines) is 1. The third kappa shape index (κ3) is 3.55. The van der Waals surface area contributed by atoms with Crippen molar-refractivity contribution >= 4 is 17.2 Å². The largest absolute Gasteiger partial charge is 0.443 e. The first-order chi connectivity index (χ1) is 12.7. The summed E-state index contributed by atoms with van der Waals surface area (Å²) in [7, 11) is 0. The summed E-state index contributed by atoms with van der Waals surface area (Å²) >= 11 is 1.59. The van der Waals surface area contributed by atoms with Crippen molar-refractivity contribution in [2.24, 2.45) is 0 Å². The van der Waals surface area contributed by atoms with Crippen LogP contribution >= 0.6 is 11.3 Å². The Morgan fingerprint density at radius 1 is 1.31 bits per heavy atom. The van der Waals surface area contributed by atoms with Crippen LogP contribution < -0.4 is 0 Å². The van der Waals surface area contributed by atoms with Gasteiger partial charge in [0, 0.05) is 17.8 Å². The van der Waals surface area contributed by atoms with Gasteiger partial charge in [0.1, 0.15) is 17.6 Å². The highest BCUT2D eigenvalue weighted by Gasteiger charge is 2.33. The first-order valence-corrected chi connectivity index (χ1v) is 9.58. The van der Waals surface area contributed by atoms with Crippen molar-refractivity contribution in [3.05, 3.63) is 75.9 Å². The number of carbonyl (C=O) groups is 1. The van der Waals surface area contributed by atoms with Crippen LogP contribution in [0.2, 0.25) is 0 Å². The van der Waals surface area contributed by atoms with E-state index in [1.807, 2.05) is 22.4 Å². The fraction of sp³-hybridized carbons (Fsp3) is 0.300. The van der Waals surface area contributed by atoms with Crippen LogP contribution in [-0.2, 0) is 17.6 Å². The zero-order valence-electron chi connectivity index (χ0n) is 14.2. The van der Waals surface area contributed by atoms with Crippen molar-refractivity contribution < 1.29 is 13.6 Å². The molecule has 1 amide bonds. The molecule has 1 aromatic carbocycles. The number of thiophene rings is 1. The molecule has 4 nitrogen and oxygen atoms in total. The highest BCUT2D eigenvalue weighted by Crippen LogP contribution is 2.32. The summed E-state index contributed by atoms with van der Waals surface area (Å²) < 4.78 is 19.7. The van der Waals surface area contributed by atoms with Gasteiger partial charge in [0.25, 0.3) is 0 Å². The van der Waals surface area contributed by atoms with E-state index in [2.05, 4.69) is 4.98 Å². The molecule has 3 aromatic rings. The average molecular weight is 370 g/mol. The molecule has 0 unspecified atom stereocenters. The van der Waals surface area contributed by atoms with Gasteiger partial charge in [0.05, 0.1) is 12.6 Å². The van der Waals surface area contributed by atoms with E-state index in [0.717, 1.165) is 24.3 Å². The molecule has 134 valence electrons. The zero-order chi connectivity index (χ0) is 17.9. The van der Waals surface area contributed by atoms with Crippen molar-refractivity contribution in [2.75, 3.05) is 6.54 Å². The van der Waals surface area contributed by atoms with E-state index in [4.69, 9.17) is 4.42 Å². The minimum atomic E-state index is -0.251. The predicted octanol–water partition coefficient (Wildman–Crippen LogP) is 4.37. The van der Waals surface area contributed by atoms with Crippen molar-refractivity contribution in [2.45, 2.75) is 31.7 Å². The number of hydrogen-bond acceptors (Lipinski definition) is 4. The number of benzene rings is 1. The van der Waals surface area contributed by atoms with Crippen molar-refractivity contribution in [1.82, 2.24) is 9.88 Å². The lowest BCUT2D eigenvalue weighted by Gasteiger charge is -2.22. The number of rotatable bonds is 5. The summed E-state index contributed by atoms with van der Waals surface area (Å²) in [5, 5.41) is 1.98. The predicted molar refractivity (Wildman–Crippen MR) is 97.4 cm³/mol. The summed E-state index contributed by atoms with van der Waals surface area (Å²) in [5.74, 6) is 1.01. The Labute approximate surface area is 155 Å². The number of carbonyl (C=O) groups excluding carboxylic acids is 1. The molecule has 2 aromatic heterocycles. The summed E-state index contributed by atoms with van der Waals surface area (Å²) in [4.78, 5) is 19.9. The smallest absolute Gasteiger partial charge is 0.228 e. The second kappa shape index (κ2) is 7.41. The molecule has 0 spiro atoms. The third-order valence-electron chi connectivity index (χ3n) is 4.66. The van der Waals surface area contributed by atoms with Gasteiger partial charge in [0.2, 0.25) is 11.8 Å². The molecule has 0 saturated carbocycles. The highest BCUT2D eigenvalue weighted by atomic mass is 32.1. The lowest BCUT2D eigenvalue weighted by molar-refractivity contribution is -0.131. The van der Waals surface area contributed by atoms with Crippen molar-refractivity contribution in [3.8, 4) is 0 Å². The summed E-state index contributed by atoms with van der Waals surface area (Å²) in [5.41, 5.74) is 0.576. The van der Waals surface area contributed by atoms with E-state index < -0.39 is 0 Å². The first-order valence-electron chi connectivity index (χ1n) is 8.70. The molecule has 1 aliphatic rings. The molecular formula is C20H19FN2O2S. The molecular weight excluding hydrogens is 351 g/mol. The fourth-order valence-corrected chi connectivity index (χ4v) is 4.07. The Bertz CT molecular complexity index is 891. The van der Waals surface area contributed by atoms with Gasteiger partial charge in [-0.3, -0.25) is 4.79 Å². The second-order valence-electron chi connectivity index (χ2n) is 6.43. The van der Waals surface area contributed by atoms with Gasteiger partial charge >= 0.3 is 0 Å². The highest BCUT2D eigenvalue weighted by molar-refractivity contribution is 7.10. The number of halogens is 1. The van der Waals surface area contributed by atoms with E-state index in [1.165, 1.54) is 6.07 Å². The molecule has 1 atom stereocenters. The van der Waals surface area contributed by atoms with Crippen molar-refractivity contribution in [3.63, 3.8) is 0 Å². The molecule has 0 N–H and O–H groups in total. The maximum atomic E-state index is 13.8. The van der Waals surface area contributed by atoms with E-state index in [0.29, 0.717) is 30.1 Å². The number of aromatic nitrogens is 1. The van der Waals surface area contributed by atoms with Gasteiger partial charge in [-0.2, -0.15) is 0 Å². The Balaban J connectivity index is 1.47. The monoisotopic (exact) mass is 370 g/mol. The maximum Gasteiger partial charge on any atom is 0.228 e. The third-order valence-corrected chi connectivity index (χ3v) is 5.53. The van der Waals surface area contributed by atoms with Gasteiger partial charge in [-0.1, -0.05) is 24.3 Å². The van der Waals surface area contributed by atoms with Gasteiger partial charge in [0.15, 0.2) is 0 Å². The topological polar surface area (TPSA) is 46.3 Å². The molecule has 1 fully saturated rings. The standard InChI is InChI=1S/C20H19FN2O2S/c21-17-7-2-1-5-14(17)11-15-13-22-20(25-15)18-8-3-9-23(18)19(24)12-16-6-4-10-26-16/h1-2,4-7,10,13,18H,3,8-9,11-12H2/t18-/m1/s1. The minimum absolute atomic E-state index is 0.101. The molecule has 0 bridgehead atoms. The van der Waals surface area contributed by atoms with Crippen LogP contribution in [0.4, 0.5) is 4.39 Å². The summed E-state index contributed by atoms with van der Waals surface area (Å²) in [6.07, 6.45) is 4.19. The maximum absolute atomic E-state index is 13.8. The Morgan fingerprint density at radius 2 is 2.19 bits per heavy atom. The van der Waals surface area contributed by atoms with Crippen molar-refractivity contribution in [1.29, 1.82) is 0 Å². The number of amides is 1. The van der Waals surface area contributed by atoms with Gasteiger partial charge in [-0.25, -0.2) is 9.37 Å². The van der Waals surface area contributed by atoms with Gasteiger partial charge in [-0.05, 0) is 35.9 Å². The normalized spacial score (nSPS) is 17.0. The Morgan fingerprint density at radius 3 is 3.00 bits per heavy atom. The van der Waals surface area contributed by atoms with Gasteiger partial charge in [-0.15, -0.1) is 11.3 Å². The molecule has 3 heterocycles. The van der Waals surface area contributed by atoms with E-state index in [9.17, 15) is 9.18 Å². The van der Waals surface area contributed by atoms with Crippen LogP contribution in [-0.4, -0.2) is 22.3 Å². The van der Waals surface area contributed by atoms with Gasteiger partial charge < -0.3 is 9.32 Å². The lowest BCUT2D eigenvalue weighted by atomic mass is 10.1. The molecule has 6 heteroatoms. The number of nitrogens with zero attached hydrogens (tertiary/aromatic N) is 2. The number of hydrogen-bond donors (Lipinski definition) is 0. The molecule has 26 heavy (non-hydrogen) atoms. The van der Waals surface area contributed by atoms with E-state index >= 15 is 0 Å². The molecule has 0 aliphatic carbocycles. The number of oxazole rings is 1. The quantitative estimate of drug-likeness (QED) is 0.670. The van der Waals surface area contributed by atoms with Crippen LogP contribution in [0.3, 0.4) is 0 Å². The van der Waals surface area contributed by atoms with E-state index in [-0.39, 0.29) is 17.8 Å². The second-order valence-corrected chi connectivity index (χ2v) is 7.47. The lowest BCUT2D eigenvalue weighted by Crippen LogP contribution is -2.31. The minimum Gasteiger partial charge on any atom is -0.443 e. The van der Waals surface area contributed by atoms with Crippen LogP contribution in [0.5, 0.6) is 0 Å². The zero-order valence-corrected chi connectivity index (χ0v) is 15.0. The van der Waals surface area contributed by atoms with Crippen LogP contribution in [0.1, 0.15) is 41.0 Å². The first kappa shape index (κ1) is 17.0. The molecule has 1 aliphatic heterocycles. The van der Waals surface area contributed by atoms with Crippen LogP contribution in [0.15, 0.2) is 52.4 Å².